The van der Waals surface area contributed by atoms with E-state index in [4.69, 9.17) is 4.74 Å². The molecular weight excluding hydrogens is 416 g/mol. The average molecular weight is 459 g/mol. The number of unbranched alkanes of at least 4 members (excludes halogenated alkanes) is 2. The smallest absolute Gasteiger partial charge is 0.407 e. The van der Waals surface area contributed by atoms with Crippen LogP contribution in [0.3, 0.4) is 0 Å². The molecule has 0 saturated carbocycles. The second-order valence-electron chi connectivity index (χ2n) is 9.73. The van der Waals surface area contributed by atoms with Gasteiger partial charge in [-0.2, -0.15) is 0 Å². The van der Waals surface area contributed by atoms with E-state index in [0.717, 1.165) is 32.1 Å². The second-order valence-corrected chi connectivity index (χ2v) is 9.73. The topological polar surface area (TPSA) is 140 Å². The molecule has 2 fully saturated rings. The summed E-state index contributed by atoms with van der Waals surface area (Å²) in [6.07, 6.45) is -0.841. The molecule has 2 rings (SSSR count). The van der Waals surface area contributed by atoms with Crippen molar-refractivity contribution in [3.8, 4) is 0 Å². The van der Waals surface area contributed by atoms with Crippen LogP contribution in [0, 0.1) is 11.8 Å². The maximum atomic E-state index is 13.2. The number of nitrogens with zero attached hydrogens (tertiary/aromatic N) is 1. The standard InChI is InChI=1S/C23H42N2O7/c1-5-7-8-10-14-11-15(25(12-14)23(30)31)22(29)24-17(13(3)4)21-20(28)19(27)18(26)16(32-21)9-6-2/h13-21,26-28H,5-12H2,1-4H3,(H,24,29)(H,30,31). The first-order valence-electron chi connectivity index (χ1n) is 12.1. The predicted octanol–water partition coefficient (Wildman–Crippen LogP) is 1.73. The Kier molecular flexibility index (Phi) is 10.2. The summed E-state index contributed by atoms with van der Waals surface area (Å²) < 4.78 is 5.96. The molecule has 32 heavy (non-hydrogen) atoms. The number of ether oxygens (including phenoxy) is 1. The van der Waals surface area contributed by atoms with E-state index in [0.29, 0.717) is 19.4 Å². The SMILES string of the molecule is CCCCCC1CC(C(=O)NC(C(C)C)C2OC(CCC)C(O)C(O)C2O)N(C(=O)O)C1. The number of likely N-dealkylation sites (tertiary alicyclic amines) is 1. The lowest BCUT2D eigenvalue weighted by Crippen LogP contribution is -2.65. The molecule has 0 aromatic heterocycles. The molecule has 0 aromatic rings. The largest absolute Gasteiger partial charge is 0.465 e. The third-order valence-corrected chi connectivity index (χ3v) is 6.86. The zero-order valence-corrected chi connectivity index (χ0v) is 19.8. The molecule has 2 aliphatic rings. The van der Waals surface area contributed by atoms with Crippen LogP contribution in [0.25, 0.3) is 0 Å². The third-order valence-electron chi connectivity index (χ3n) is 6.86. The van der Waals surface area contributed by atoms with Crippen LogP contribution in [0.1, 0.15) is 72.6 Å². The molecule has 0 aromatic carbocycles. The minimum Gasteiger partial charge on any atom is -0.465 e. The minimum absolute atomic E-state index is 0.147. The molecule has 8 atom stereocenters. The summed E-state index contributed by atoms with van der Waals surface area (Å²) in [5.41, 5.74) is 0. The Morgan fingerprint density at radius 3 is 2.28 bits per heavy atom. The lowest BCUT2D eigenvalue weighted by atomic mass is 9.85. The molecule has 2 aliphatic heterocycles. The summed E-state index contributed by atoms with van der Waals surface area (Å²) in [5, 5.41) is 43.8. The van der Waals surface area contributed by atoms with Gasteiger partial charge in [0.05, 0.1) is 12.1 Å². The molecule has 0 bridgehead atoms. The van der Waals surface area contributed by atoms with Gasteiger partial charge in [0.25, 0.3) is 0 Å². The van der Waals surface area contributed by atoms with Crippen molar-refractivity contribution in [1.82, 2.24) is 10.2 Å². The van der Waals surface area contributed by atoms with Gasteiger partial charge in [0.1, 0.15) is 30.5 Å². The number of carbonyl (C=O) groups is 2. The number of hydrogen-bond donors (Lipinski definition) is 5. The lowest BCUT2D eigenvalue weighted by molar-refractivity contribution is -0.232. The molecule has 8 unspecified atom stereocenters. The van der Waals surface area contributed by atoms with Crippen molar-refractivity contribution in [2.45, 2.75) is 115 Å². The molecule has 9 nitrogen and oxygen atoms in total. The van der Waals surface area contributed by atoms with Gasteiger partial charge in [-0.25, -0.2) is 4.79 Å². The van der Waals surface area contributed by atoms with Crippen molar-refractivity contribution in [3.63, 3.8) is 0 Å². The number of aliphatic hydroxyl groups is 3. The van der Waals surface area contributed by atoms with E-state index < -0.39 is 54.6 Å². The van der Waals surface area contributed by atoms with Crippen LogP contribution >= 0.6 is 0 Å². The molecule has 0 radical (unpaired) electrons. The highest BCUT2D eigenvalue weighted by molar-refractivity contribution is 5.86. The van der Waals surface area contributed by atoms with E-state index >= 15 is 0 Å². The maximum absolute atomic E-state index is 13.2. The first-order valence-corrected chi connectivity index (χ1v) is 12.1. The number of nitrogens with one attached hydrogen (secondary N) is 1. The van der Waals surface area contributed by atoms with Gasteiger partial charge in [-0.15, -0.1) is 0 Å². The van der Waals surface area contributed by atoms with Gasteiger partial charge >= 0.3 is 6.09 Å². The molecule has 0 aliphatic carbocycles. The average Bonchev–Trinajstić information content (AvgIpc) is 3.17. The fraction of sp³-hybridized carbons (Fsp3) is 0.913. The van der Waals surface area contributed by atoms with Crippen LogP contribution in [-0.2, 0) is 9.53 Å². The van der Waals surface area contributed by atoms with Crippen LogP contribution < -0.4 is 5.32 Å². The van der Waals surface area contributed by atoms with Crippen molar-refractivity contribution in [3.05, 3.63) is 0 Å². The molecule has 9 heteroatoms. The Labute approximate surface area is 191 Å². The zero-order chi connectivity index (χ0) is 24.0. The number of aliphatic hydroxyl groups excluding tert-OH is 3. The van der Waals surface area contributed by atoms with E-state index in [9.17, 15) is 30.0 Å². The van der Waals surface area contributed by atoms with Gasteiger partial charge < -0.3 is 30.5 Å². The summed E-state index contributed by atoms with van der Waals surface area (Å²) in [4.78, 5) is 26.2. The quantitative estimate of drug-likeness (QED) is 0.314. The van der Waals surface area contributed by atoms with Crippen molar-refractivity contribution in [1.29, 1.82) is 0 Å². The van der Waals surface area contributed by atoms with Gasteiger partial charge in [-0.3, -0.25) is 9.69 Å². The van der Waals surface area contributed by atoms with Gasteiger partial charge in [0.2, 0.25) is 5.91 Å². The number of rotatable bonds is 10. The third kappa shape index (κ3) is 6.34. The summed E-state index contributed by atoms with van der Waals surface area (Å²) in [6, 6.07) is -1.43. The van der Waals surface area contributed by atoms with Gasteiger partial charge in [0, 0.05) is 6.54 Å². The highest BCUT2D eigenvalue weighted by Crippen LogP contribution is 2.30. The van der Waals surface area contributed by atoms with Crippen LogP contribution in [0.15, 0.2) is 0 Å². The molecule has 5 N–H and O–H groups in total. The first-order chi connectivity index (χ1) is 15.1. The molecule has 186 valence electrons. The summed E-state index contributed by atoms with van der Waals surface area (Å²) in [7, 11) is 0. The molecular formula is C23H42N2O7. The Morgan fingerprint density at radius 2 is 1.72 bits per heavy atom. The molecule has 2 saturated heterocycles. The fourth-order valence-electron chi connectivity index (χ4n) is 4.96. The minimum atomic E-state index is -1.38. The molecule has 0 spiro atoms. The predicted molar refractivity (Wildman–Crippen MR) is 119 cm³/mol. The second kappa shape index (κ2) is 12.2. The first kappa shape index (κ1) is 26.8. The lowest BCUT2D eigenvalue weighted by Gasteiger charge is -2.45. The highest BCUT2D eigenvalue weighted by Gasteiger charge is 2.48. The van der Waals surface area contributed by atoms with Crippen molar-refractivity contribution >= 4 is 12.0 Å². The Morgan fingerprint density at radius 1 is 1.03 bits per heavy atom. The number of carbonyl (C=O) groups excluding carboxylic acids is 1. The number of carboxylic acid groups (broad SMARTS) is 1. The molecule has 2 amide bonds. The van der Waals surface area contributed by atoms with Crippen LogP contribution in [0.4, 0.5) is 4.79 Å². The Bertz CT molecular complexity index is 617. The molecule has 2 heterocycles. The van der Waals surface area contributed by atoms with E-state index in [1.54, 1.807) is 0 Å². The summed E-state index contributed by atoms with van der Waals surface area (Å²) >= 11 is 0. The fourth-order valence-corrected chi connectivity index (χ4v) is 4.96. The zero-order valence-electron chi connectivity index (χ0n) is 19.8. The van der Waals surface area contributed by atoms with Crippen LogP contribution in [0.2, 0.25) is 0 Å². The number of amides is 2. The Hall–Kier alpha value is -1.42. The van der Waals surface area contributed by atoms with Crippen molar-refractivity contribution < 1.29 is 34.8 Å². The van der Waals surface area contributed by atoms with Gasteiger partial charge in [-0.1, -0.05) is 53.4 Å². The van der Waals surface area contributed by atoms with Crippen molar-refractivity contribution in [2.24, 2.45) is 11.8 Å². The highest BCUT2D eigenvalue weighted by atomic mass is 16.5. The van der Waals surface area contributed by atoms with Gasteiger partial charge in [-0.05, 0) is 31.1 Å². The maximum Gasteiger partial charge on any atom is 0.407 e. The summed E-state index contributed by atoms with van der Waals surface area (Å²) in [5.74, 6) is -0.413. The number of hydrogen-bond acceptors (Lipinski definition) is 6. The van der Waals surface area contributed by atoms with Gasteiger partial charge in [0.15, 0.2) is 0 Å². The summed E-state index contributed by atoms with van der Waals surface area (Å²) in [6.45, 7) is 8.12. The van der Waals surface area contributed by atoms with E-state index in [2.05, 4.69) is 12.2 Å². The van der Waals surface area contributed by atoms with E-state index in [1.165, 1.54) is 4.90 Å². The Balaban J connectivity index is 2.13. The van der Waals surface area contributed by atoms with Crippen LogP contribution in [0.5, 0.6) is 0 Å². The monoisotopic (exact) mass is 458 g/mol. The van der Waals surface area contributed by atoms with Crippen molar-refractivity contribution in [2.75, 3.05) is 6.54 Å². The van der Waals surface area contributed by atoms with E-state index in [1.807, 2.05) is 20.8 Å². The van der Waals surface area contributed by atoms with E-state index in [-0.39, 0.29) is 11.8 Å². The normalized spacial score (nSPS) is 34.0. The van der Waals surface area contributed by atoms with Crippen LogP contribution in [-0.4, -0.2) is 86.5 Å².